The first kappa shape index (κ1) is 22.1. The number of hydrogen-bond donors (Lipinski definition) is 1. The van der Waals surface area contributed by atoms with Gasteiger partial charge < -0.3 is 0 Å². The fourth-order valence-corrected chi connectivity index (χ4v) is 5.09. The van der Waals surface area contributed by atoms with Gasteiger partial charge in [0.05, 0.1) is 4.90 Å². The van der Waals surface area contributed by atoms with Crippen molar-refractivity contribution in [1.82, 2.24) is 24.9 Å². The van der Waals surface area contributed by atoms with Crippen molar-refractivity contribution >= 4 is 21.6 Å². The molecule has 4 rings (SSSR count). The molecule has 7 nitrogen and oxygen atoms in total. The molecule has 9 heteroatoms. The number of benzene rings is 3. The minimum atomic E-state index is -3.74. The van der Waals surface area contributed by atoms with Gasteiger partial charge in [-0.15, -0.1) is 5.10 Å². The maximum Gasteiger partial charge on any atom is 0.243 e. The van der Waals surface area contributed by atoms with Crippen LogP contribution in [-0.2, 0) is 16.6 Å². The Labute approximate surface area is 192 Å². The highest BCUT2D eigenvalue weighted by molar-refractivity contribution is 7.89. The number of hydrogen-bond acceptors (Lipinski definition) is 5. The van der Waals surface area contributed by atoms with Crippen molar-refractivity contribution < 1.29 is 8.42 Å². The minimum absolute atomic E-state index is 0.0119. The summed E-state index contributed by atoms with van der Waals surface area (Å²) in [6.07, 6.45) is 0. The van der Waals surface area contributed by atoms with Crippen LogP contribution in [0.2, 0.25) is 5.02 Å². The number of sulfonamides is 1. The fraction of sp³-hybridized carbons (Fsp3) is 0.174. The van der Waals surface area contributed by atoms with Gasteiger partial charge in [0.25, 0.3) is 0 Å². The Morgan fingerprint density at radius 2 is 1.66 bits per heavy atom. The van der Waals surface area contributed by atoms with Crippen LogP contribution in [0, 0.1) is 0 Å². The number of tetrazole rings is 1. The van der Waals surface area contributed by atoms with Crippen LogP contribution in [0.3, 0.4) is 0 Å². The summed E-state index contributed by atoms with van der Waals surface area (Å²) in [6, 6.07) is 23.7. The lowest BCUT2D eigenvalue weighted by Gasteiger charge is -2.26. The first-order valence-electron chi connectivity index (χ1n) is 10.1. The molecular formula is C23H22ClN5O2S. The zero-order valence-electron chi connectivity index (χ0n) is 17.4. The van der Waals surface area contributed by atoms with Gasteiger partial charge in [-0.05, 0) is 51.7 Å². The quantitative estimate of drug-likeness (QED) is 0.411. The van der Waals surface area contributed by atoms with Gasteiger partial charge >= 0.3 is 0 Å². The smallest absolute Gasteiger partial charge is 0.239 e. The Bertz CT molecular complexity index is 1250. The molecule has 3 aromatic carbocycles. The Morgan fingerprint density at radius 1 is 0.969 bits per heavy atom. The maximum absolute atomic E-state index is 13.5. The van der Waals surface area contributed by atoms with Gasteiger partial charge in [0.15, 0.2) is 5.82 Å². The molecule has 1 unspecified atom stereocenters. The van der Waals surface area contributed by atoms with E-state index < -0.39 is 10.0 Å². The topological polar surface area (TPSA) is 91.8 Å². The van der Waals surface area contributed by atoms with E-state index >= 15 is 0 Å². The van der Waals surface area contributed by atoms with Crippen molar-refractivity contribution in [3.05, 3.63) is 95.0 Å². The summed E-state index contributed by atoms with van der Waals surface area (Å²) >= 11 is 5.97. The zero-order chi connectivity index (χ0) is 22.6. The molecule has 0 spiro atoms. The van der Waals surface area contributed by atoms with Gasteiger partial charge in [0, 0.05) is 23.7 Å². The molecule has 1 atom stereocenters. The summed E-state index contributed by atoms with van der Waals surface area (Å²) in [7, 11) is -3.74. The van der Waals surface area contributed by atoms with Gasteiger partial charge in [-0.3, -0.25) is 0 Å². The van der Waals surface area contributed by atoms with E-state index in [0.717, 1.165) is 16.7 Å². The van der Waals surface area contributed by atoms with Crippen LogP contribution in [0.15, 0.2) is 83.8 Å². The predicted molar refractivity (Wildman–Crippen MR) is 124 cm³/mol. The van der Waals surface area contributed by atoms with Gasteiger partial charge in [-0.1, -0.05) is 73.1 Å². The lowest BCUT2D eigenvalue weighted by atomic mass is 10.0. The van der Waals surface area contributed by atoms with Gasteiger partial charge in [-0.25, -0.2) is 13.5 Å². The number of aromatic amines is 1. The second kappa shape index (κ2) is 9.60. The highest BCUT2D eigenvalue weighted by Gasteiger charge is 2.27. The third-order valence-electron chi connectivity index (χ3n) is 5.23. The SMILES string of the molecule is CC(CN(Cc1ccc(-c2nnn[nH]2)cc1)S(=O)(=O)c1ccc(Cl)cc1)c1ccccc1. The highest BCUT2D eigenvalue weighted by Crippen LogP contribution is 2.25. The van der Waals surface area contributed by atoms with Crippen LogP contribution in [-0.4, -0.2) is 39.9 Å². The van der Waals surface area contributed by atoms with E-state index in [1.165, 1.54) is 16.4 Å². The molecule has 1 heterocycles. The first-order valence-corrected chi connectivity index (χ1v) is 11.9. The van der Waals surface area contributed by atoms with E-state index in [2.05, 4.69) is 20.6 Å². The lowest BCUT2D eigenvalue weighted by Crippen LogP contribution is -2.33. The summed E-state index contributed by atoms with van der Waals surface area (Å²) in [5.74, 6) is 0.567. The Balaban J connectivity index is 1.63. The molecule has 0 aliphatic carbocycles. The maximum atomic E-state index is 13.5. The normalized spacial score (nSPS) is 12.7. The fourth-order valence-electron chi connectivity index (χ4n) is 3.45. The molecule has 4 aromatic rings. The number of rotatable bonds is 8. The van der Waals surface area contributed by atoms with Crippen LogP contribution in [0.5, 0.6) is 0 Å². The van der Waals surface area contributed by atoms with Gasteiger partial charge in [0.2, 0.25) is 10.0 Å². The molecule has 0 radical (unpaired) electrons. The summed E-state index contributed by atoms with van der Waals surface area (Å²) in [6.45, 7) is 2.60. The number of H-pyrrole nitrogens is 1. The molecule has 32 heavy (non-hydrogen) atoms. The summed E-state index contributed by atoms with van der Waals surface area (Å²) in [5, 5.41) is 14.3. The number of nitrogens with zero attached hydrogens (tertiary/aromatic N) is 4. The van der Waals surface area contributed by atoms with E-state index in [-0.39, 0.29) is 17.4 Å². The number of halogens is 1. The monoisotopic (exact) mass is 467 g/mol. The van der Waals surface area contributed by atoms with Crippen molar-refractivity contribution in [2.45, 2.75) is 24.3 Å². The molecule has 0 bridgehead atoms. The van der Waals surface area contributed by atoms with Crippen LogP contribution in [0.4, 0.5) is 0 Å². The van der Waals surface area contributed by atoms with E-state index in [0.29, 0.717) is 17.4 Å². The zero-order valence-corrected chi connectivity index (χ0v) is 19.0. The average molecular weight is 468 g/mol. The van der Waals surface area contributed by atoms with Gasteiger partial charge in [-0.2, -0.15) is 4.31 Å². The molecule has 0 aliphatic heterocycles. The third kappa shape index (κ3) is 5.04. The molecule has 1 N–H and O–H groups in total. The molecule has 164 valence electrons. The van der Waals surface area contributed by atoms with Gasteiger partial charge in [0.1, 0.15) is 0 Å². The van der Waals surface area contributed by atoms with Crippen molar-refractivity contribution in [2.75, 3.05) is 6.54 Å². The van der Waals surface area contributed by atoms with Crippen LogP contribution in [0.1, 0.15) is 24.0 Å². The second-order valence-electron chi connectivity index (χ2n) is 7.51. The summed E-state index contributed by atoms with van der Waals surface area (Å²) in [4.78, 5) is 0.214. The van der Waals surface area contributed by atoms with Crippen molar-refractivity contribution in [3.8, 4) is 11.4 Å². The first-order chi connectivity index (χ1) is 15.4. The molecular weight excluding hydrogens is 446 g/mol. The standard InChI is InChI=1S/C23H22ClN5O2S/c1-17(19-5-3-2-4-6-19)15-29(32(30,31)22-13-11-21(24)12-14-22)16-18-7-9-20(10-8-18)23-25-27-28-26-23/h2-14,17H,15-16H2,1H3,(H,25,26,27,28). The molecule has 1 aromatic heterocycles. The predicted octanol–water partition coefficient (Wildman–Crippen LogP) is 4.51. The van der Waals surface area contributed by atoms with Crippen molar-refractivity contribution in [3.63, 3.8) is 0 Å². The van der Waals surface area contributed by atoms with Crippen LogP contribution in [0.25, 0.3) is 11.4 Å². The van der Waals surface area contributed by atoms with Crippen LogP contribution < -0.4 is 0 Å². The lowest BCUT2D eigenvalue weighted by molar-refractivity contribution is 0.386. The van der Waals surface area contributed by atoms with Crippen molar-refractivity contribution in [2.24, 2.45) is 0 Å². The molecule has 0 fully saturated rings. The summed E-state index contributed by atoms with van der Waals surface area (Å²) < 4.78 is 28.6. The average Bonchev–Trinajstić information content (AvgIpc) is 3.35. The number of aromatic nitrogens is 4. The Morgan fingerprint density at radius 3 is 2.28 bits per heavy atom. The van der Waals surface area contributed by atoms with E-state index in [1.54, 1.807) is 12.1 Å². The molecule has 0 aliphatic rings. The van der Waals surface area contributed by atoms with Crippen LogP contribution >= 0.6 is 11.6 Å². The van der Waals surface area contributed by atoms with E-state index in [1.807, 2.05) is 61.5 Å². The Hall–Kier alpha value is -3.07. The minimum Gasteiger partial charge on any atom is -0.239 e. The molecule has 0 saturated heterocycles. The Kier molecular flexibility index (Phi) is 6.64. The van der Waals surface area contributed by atoms with Crippen molar-refractivity contribution in [1.29, 1.82) is 0 Å². The third-order valence-corrected chi connectivity index (χ3v) is 7.31. The second-order valence-corrected chi connectivity index (χ2v) is 9.88. The van der Waals surface area contributed by atoms with E-state index in [9.17, 15) is 8.42 Å². The van der Waals surface area contributed by atoms with E-state index in [4.69, 9.17) is 11.6 Å². The largest absolute Gasteiger partial charge is 0.243 e. The summed E-state index contributed by atoms with van der Waals surface area (Å²) in [5.41, 5.74) is 2.76. The highest BCUT2D eigenvalue weighted by atomic mass is 35.5. The molecule has 0 saturated carbocycles. The molecule has 0 amide bonds. The number of nitrogens with one attached hydrogen (secondary N) is 1.